The van der Waals surface area contributed by atoms with Gasteiger partial charge in [-0.05, 0) is 18.6 Å². The Morgan fingerprint density at radius 3 is 2.70 bits per heavy atom. The quantitative estimate of drug-likeness (QED) is 0.351. The minimum Gasteiger partial charge on any atom is -0.507 e. The van der Waals surface area contributed by atoms with E-state index in [-0.39, 0.29) is 16.6 Å². The Labute approximate surface area is 129 Å². The van der Waals surface area contributed by atoms with Crippen molar-refractivity contribution in [1.82, 2.24) is 0 Å². The second-order valence-electron chi connectivity index (χ2n) is 4.54. The highest BCUT2D eigenvalue weighted by Gasteiger charge is 2.12. The lowest BCUT2D eigenvalue weighted by atomic mass is 10.1. The van der Waals surface area contributed by atoms with Gasteiger partial charge < -0.3 is 15.5 Å². The maximum Gasteiger partial charge on any atom is 0.339 e. The van der Waals surface area contributed by atoms with Gasteiger partial charge >= 0.3 is 5.97 Å². The summed E-state index contributed by atoms with van der Waals surface area (Å²) in [7, 11) is 0. The Morgan fingerprint density at radius 1 is 1.45 bits per heavy atom. The van der Waals surface area contributed by atoms with Crippen molar-refractivity contribution >= 4 is 41.5 Å². The number of nitrogens with one attached hydrogen (secondary N) is 1. The van der Waals surface area contributed by atoms with Gasteiger partial charge in [-0.1, -0.05) is 38.4 Å². The van der Waals surface area contributed by atoms with Crippen LogP contribution in [0.1, 0.15) is 43.0 Å². The van der Waals surface area contributed by atoms with Crippen LogP contribution >= 0.6 is 24.8 Å². The van der Waals surface area contributed by atoms with E-state index in [0.29, 0.717) is 10.7 Å². The first-order valence-electron chi connectivity index (χ1n) is 6.51. The third kappa shape index (κ3) is 5.02. The van der Waals surface area contributed by atoms with Crippen LogP contribution in [0, 0.1) is 0 Å². The number of carboxylic acid groups (broad SMARTS) is 1. The topological polar surface area (TPSA) is 69.6 Å². The van der Waals surface area contributed by atoms with Crippen molar-refractivity contribution in [2.24, 2.45) is 0 Å². The molecule has 6 heteroatoms. The van der Waals surface area contributed by atoms with E-state index in [1.54, 1.807) is 6.07 Å². The number of aromatic carboxylic acids is 1. The molecule has 3 N–H and O–H groups in total. The molecule has 0 amide bonds. The number of thiocarbonyl (C=S) groups is 1. The first kappa shape index (κ1) is 16.8. The lowest BCUT2D eigenvalue weighted by Gasteiger charge is -2.14. The first-order valence-corrected chi connectivity index (χ1v) is 7.43. The molecule has 1 atom stereocenters. The molecular weight excluding hydrogens is 294 g/mol. The van der Waals surface area contributed by atoms with Gasteiger partial charge in [0.2, 0.25) is 0 Å². The monoisotopic (exact) mass is 313 g/mol. The van der Waals surface area contributed by atoms with Gasteiger partial charge in [-0.15, -0.1) is 0 Å². The molecule has 0 radical (unpaired) electrons. The Bertz CT molecular complexity index is 491. The van der Waals surface area contributed by atoms with E-state index in [9.17, 15) is 9.90 Å². The van der Waals surface area contributed by atoms with Crippen molar-refractivity contribution in [2.75, 3.05) is 5.32 Å². The molecule has 0 fully saturated rings. The van der Waals surface area contributed by atoms with Crippen molar-refractivity contribution in [3.05, 3.63) is 23.8 Å². The van der Waals surface area contributed by atoms with Crippen molar-refractivity contribution < 1.29 is 15.0 Å². The third-order valence-corrected chi connectivity index (χ3v) is 3.96. The number of phenols is 1. The number of thiol groups is 1. The summed E-state index contributed by atoms with van der Waals surface area (Å²) >= 11 is 9.70. The number of carbonyl (C=O) groups is 1. The predicted octanol–water partition coefficient (Wildman–Crippen LogP) is 3.71. The minimum absolute atomic E-state index is 0.0437. The molecule has 1 aromatic carbocycles. The van der Waals surface area contributed by atoms with Gasteiger partial charge in [0.15, 0.2) is 0 Å². The molecular formula is C14H19NO3S2. The van der Waals surface area contributed by atoms with Crippen molar-refractivity contribution in [1.29, 1.82) is 0 Å². The zero-order valence-electron chi connectivity index (χ0n) is 11.3. The molecule has 0 saturated carbocycles. The molecule has 4 nitrogen and oxygen atoms in total. The number of aromatic hydroxyl groups is 1. The van der Waals surface area contributed by atoms with E-state index in [1.807, 2.05) is 0 Å². The molecule has 0 heterocycles. The van der Waals surface area contributed by atoms with Crippen LogP contribution < -0.4 is 5.32 Å². The van der Waals surface area contributed by atoms with E-state index in [4.69, 9.17) is 17.3 Å². The summed E-state index contributed by atoms with van der Waals surface area (Å²) < 4.78 is 0. The van der Waals surface area contributed by atoms with E-state index in [1.165, 1.54) is 12.1 Å². The van der Waals surface area contributed by atoms with Gasteiger partial charge in [-0.25, -0.2) is 4.79 Å². The lowest BCUT2D eigenvalue weighted by molar-refractivity contribution is 0.0694. The normalized spacial score (nSPS) is 11.9. The summed E-state index contributed by atoms with van der Waals surface area (Å²) in [4.78, 5) is 11.4. The summed E-state index contributed by atoms with van der Waals surface area (Å²) in [6.07, 6.45) is 4.25. The van der Waals surface area contributed by atoms with Crippen molar-refractivity contribution in [3.8, 4) is 5.75 Å². The highest BCUT2D eigenvalue weighted by molar-refractivity contribution is 7.86. The Balaban J connectivity index is 2.62. The average molecular weight is 313 g/mol. The zero-order valence-corrected chi connectivity index (χ0v) is 13.0. The lowest BCUT2D eigenvalue weighted by Crippen LogP contribution is -2.21. The van der Waals surface area contributed by atoms with Crippen LogP contribution in [0.5, 0.6) is 5.75 Å². The molecule has 1 rings (SSSR count). The number of unbranched alkanes of at least 4 members (excludes halogenated alkanes) is 2. The van der Waals surface area contributed by atoms with Crippen molar-refractivity contribution in [3.63, 3.8) is 0 Å². The first-order chi connectivity index (χ1) is 9.45. The summed E-state index contributed by atoms with van der Waals surface area (Å²) in [5.74, 6) is -1.45. The largest absolute Gasteiger partial charge is 0.507 e. The Hall–Kier alpha value is -1.27. The highest BCUT2D eigenvalue weighted by Crippen LogP contribution is 2.23. The highest BCUT2D eigenvalue weighted by atomic mass is 32.1. The average Bonchev–Trinajstić information content (AvgIpc) is 2.38. The molecule has 0 aliphatic carbocycles. The molecule has 1 aromatic rings. The van der Waals surface area contributed by atoms with E-state index in [2.05, 4.69) is 24.9 Å². The molecule has 1 unspecified atom stereocenters. The van der Waals surface area contributed by atoms with Gasteiger partial charge in [0.25, 0.3) is 0 Å². The van der Waals surface area contributed by atoms with Crippen LogP contribution in [0.15, 0.2) is 18.2 Å². The molecule has 110 valence electrons. The van der Waals surface area contributed by atoms with Gasteiger partial charge in [0.05, 0.1) is 10.2 Å². The van der Waals surface area contributed by atoms with E-state index < -0.39 is 5.97 Å². The Kier molecular flexibility index (Phi) is 6.81. The molecule has 0 aromatic heterocycles. The summed E-state index contributed by atoms with van der Waals surface area (Å²) in [5.41, 5.74) is 0.430. The van der Waals surface area contributed by atoms with Gasteiger partial charge in [0.1, 0.15) is 11.3 Å². The van der Waals surface area contributed by atoms with Gasteiger partial charge in [0, 0.05) is 11.8 Å². The van der Waals surface area contributed by atoms with Crippen LogP contribution in [-0.4, -0.2) is 26.4 Å². The fourth-order valence-electron chi connectivity index (χ4n) is 1.73. The zero-order chi connectivity index (χ0) is 15.1. The summed E-state index contributed by atoms with van der Waals surface area (Å²) in [6, 6.07) is 4.26. The fourth-order valence-corrected chi connectivity index (χ4v) is 2.22. The molecule has 0 bridgehead atoms. The van der Waals surface area contributed by atoms with Crippen LogP contribution in [-0.2, 0) is 0 Å². The minimum atomic E-state index is -1.16. The number of carboxylic acids is 1. The SMILES string of the molecule is CCCCCC(S)C(=S)Nc1ccc(C(=O)O)c(O)c1. The summed E-state index contributed by atoms with van der Waals surface area (Å²) in [5, 5.41) is 21.4. The van der Waals surface area contributed by atoms with Crippen LogP contribution in [0.2, 0.25) is 0 Å². The summed E-state index contributed by atoms with van der Waals surface area (Å²) in [6.45, 7) is 2.14. The molecule has 0 saturated heterocycles. The number of benzene rings is 1. The third-order valence-electron chi connectivity index (χ3n) is 2.88. The van der Waals surface area contributed by atoms with Crippen LogP contribution in [0.3, 0.4) is 0 Å². The van der Waals surface area contributed by atoms with Crippen LogP contribution in [0.25, 0.3) is 0 Å². The molecule has 0 aliphatic rings. The Morgan fingerprint density at radius 2 is 2.15 bits per heavy atom. The standard InChI is InChI=1S/C14H19NO3S2/c1-2-3-4-5-12(19)13(20)15-9-6-7-10(14(17)18)11(16)8-9/h6-8,12,16,19H,2-5H2,1H3,(H,15,20)(H,17,18). The van der Waals surface area contributed by atoms with E-state index in [0.717, 1.165) is 25.7 Å². The number of anilines is 1. The number of hydrogen-bond donors (Lipinski definition) is 4. The maximum atomic E-state index is 10.8. The second kappa shape index (κ2) is 8.11. The maximum absolute atomic E-state index is 10.8. The van der Waals surface area contributed by atoms with Gasteiger partial charge in [-0.3, -0.25) is 0 Å². The fraction of sp³-hybridized carbons (Fsp3) is 0.429. The van der Waals surface area contributed by atoms with Gasteiger partial charge in [-0.2, -0.15) is 12.6 Å². The smallest absolute Gasteiger partial charge is 0.339 e. The number of rotatable bonds is 7. The number of hydrogen-bond acceptors (Lipinski definition) is 4. The predicted molar refractivity (Wildman–Crippen MR) is 88.2 cm³/mol. The molecule has 0 spiro atoms. The second-order valence-corrected chi connectivity index (χ2v) is 5.60. The molecule has 0 aliphatic heterocycles. The molecule has 20 heavy (non-hydrogen) atoms. The van der Waals surface area contributed by atoms with Crippen molar-refractivity contribution in [2.45, 2.75) is 37.9 Å². The van der Waals surface area contributed by atoms with Crippen LogP contribution in [0.4, 0.5) is 5.69 Å². The van der Waals surface area contributed by atoms with E-state index >= 15 is 0 Å².